The molecule has 16 heteroatoms. The number of nitrogens with one attached hydrogen (secondary N) is 1. The first-order valence-electron chi connectivity index (χ1n) is 20.9. The summed E-state index contributed by atoms with van der Waals surface area (Å²) in [4.78, 5) is 68.5. The van der Waals surface area contributed by atoms with Crippen LogP contribution in [0.15, 0.2) is 128 Å². The maximum Gasteiger partial charge on any atom is 0.343 e. The lowest BCUT2D eigenvalue weighted by Gasteiger charge is -2.18. The minimum Gasteiger partial charge on any atom is -0.497 e. The number of fused-ring (bicyclic) bond motifs is 2. The second-order valence-electron chi connectivity index (χ2n) is 14.4. The van der Waals surface area contributed by atoms with E-state index in [9.17, 15) is 24.0 Å². The number of ether oxygens (including phenoxy) is 7. The standard InChI is InChI=1S/C50H47N3O12S/c1-5-12-45(54)53(50-52-42-13-8-9-14-44(42)66-50)51-30-37-28-36(48(57)64-39-22-20-38(59-4)21-23-39)18-24-43(37)65-49(58)35-16-15-34-29-40(19-17-33(34)27-35)62-32-41(63-47(56)7-3)31-60-25-10-11-26-61-46(55)6-2/h6-9,13-24,27-30,41H,2-3,5,10-12,25-26,31-32H2,1,4H3/p+1/b51-30+. The van der Waals surface area contributed by atoms with Crippen molar-refractivity contribution in [1.82, 2.24) is 4.98 Å². The van der Waals surface area contributed by atoms with Gasteiger partial charge in [-0.1, -0.05) is 60.7 Å². The molecule has 0 saturated carbocycles. The van der Waals surface area contributed by atoms with Crippen molar-refractivity contribution in [2.75, 3.05) is 38.5 Å². The average Bonchev–Trinajstić information content (AvgIpc) is 3.77. The van der Waals surface area contributed by atoms with Gasteiger partial charge in [0, 0.05) is 25.2 Å². The molecule has 1 amide bonds. The molecule has 1 aromatic heterocycles. The van der Waals surface area contributed by atoms with Crippen LogP contribution in [0.5, 0.6) is 23.0 Å². The number of amides is 1. The Morgan fingerprint density at radius 1 is 0.758 bits per heavy atom. The fraction of sp³-hybridized carbons (Fsp3) is 0.220. The van der Waals surface area contributed by atoms with Gasteiger partial charge in [-0.25, -0.2) is 24.2 Å². The zero-order chi connectivity index (χ0) is 46.8. The smallest absolute Gasteiger partial charge is 0.343 e. The van der Waals surface area contributed by atoms with Crippen molar-refractivity contribution in [2.45, 2.75) is 38.7 Å². The Kier molecular flexibility index (Phi) is 17.3. The van der Waals surface area contributed by atoms with Crippen LogP contribution >= 0.6 is 11.3 Å². The minimum absolute atomic E-state index is 0.0101. The third kappa shape index (κ3) is 13.4. The van der Waals surface area contributed by atoms with E-state index in [0.29, 0.717) is 53.6 Å². The van der Waals surface area contributed by atoms with Gasteiger partial charge >= 0.3 is 23.9 Å². The second-order valence-corrected chi connectivity index (χ2v) is 15.4. The van der Waals surface area contributed by atoms with Gasteiger partial charge in [0.15, 0.2) is 6.10 Å². The highest BCUT2D eigenvalue weighted by atomic mass is 32.1. The van der Waals surface area contributed by atoms with Crippen molar-refractivity contribution in [3.8, 4) is 23.0 Å². The molecular formula is C50H48N3O12S+. The van der Waals surface area contributed by atoms with Crippen LogP contribution in [0.25, 0.3) is 21.0 Å². The zero-order valence-electron chi connectivity index (χ0n) is 36.4. The topological polar surface area (TPSA) is 180 Å². The summed E-state index contributed by atoms with van der Waals surface area (Å²) in [6.07, 6.45) is 4.91. The summed E-state index contributed by atoms with van der Waals surface area (Å²) in [6, 6.07) is 28.8. The molecular weight excluding hydrogens is 867 g/mol. The molecule has 1 N–H and O–H groups in total. The summed E-state index contributed by atoms with van der Waals surface area (Å²) in [5.41, 5.74) is 1.37. The SMILES string of the molecule is C=CC(=O)OCCCCOCC(COc1ccc2cc(C(=O)Oc3ccc(C(=O)Oc4ccc(OC)cc4)cc3/C=[NH+]/N(C(=O)CCC)c3nc4ccccc4s3)ccc2c1)OC(=O)C=C. The Morgan fingerprint density at radius 2 is 1.44 bits per heavy atom. The van der Waals surface area contributed by atoms with Gasteiger partial charge in [0.1, 0.15) is 29.6 Å². The van der Waals surface area contributed by atoms with Crippen LogP contribution in [0.4, 0.5) is 5.13 Å². The van der Waals surface area contributed by atoms with Crippen LogP contribution in [-0.4, -0.2) is 80.6 Å². The van der Waals surface area contributed by atoms with Crippen molar-refractivity contribution in [3.63, 3.8) is 0 Å². The van der Waals surface area contributed by atoms with E-state index in [1.54, 1.807) is 60.7 Å². The number of benzene rings is 5. The number of thiazole rings is 1. The van der Waals surface area contributed by atoms with Crippen molar-refractivity contribution in [1.29, 1.82) is 0 Å². The molecule has 66 heavy (non-hydrogen) atoms. The highest BCUT2D eigenvalue weighted by Crippen LogP contribution is 2.28. The van der Waals surface area contributed by atoms with Crippen LogP contribution in [0.3, 0.4) is 0 Å². The van der Waals surface area contributed by atoms with Crippen molar-refractivity contribution in [3.05, 3.63) is 145 Å². The summed E-state index contributed by atoms with van der Waals surface area (Å²) < 4.78 is 39.7. The van der Waals surface area contributed by atoms with Crippen LogP contribution in [0.1, 0.15) is 58.9 Å². The van der Waals surface area contributed by atoms with Gasteiger partial charge in [-0.05, 0) is 109 Å². The molecule has 5 aromatic carbocycles. The summed E-state index contributed by atoms with van der Waals surface area (Å²) >= 11 is 1.33. The maximum absolute atomic E-state index is 13.8. The van der Waals surface area contributed by atoms with Crippen LogP contribution in [0.2, 0.25) is 0 Å². The Bertz CT molecular complexity index is 2700. The number of unbranched alkanes of at least 4 members (excludes halogenated alkanes) is 1. The van der Waals surface area contributed by atoms with Gasteiger partial charge < -0.3 is 33.2 Å². The number of hydrazone groups is 1. The molecule has 1 unspecified atom stereocenters. The maximum atomic E-state index is 13.8. The van der Waals surface area contributed by atoms with E-state index >= 15 is 0 Å². The Hall–Kier alpha value is -7.69. The molecule has 6 aromatic rings. The lowest BCUT2D eigenvalue weighted by Crippen LogP contribution is -2.83. The number of carbonyl (C=O) groups excluding carboxylic acids is 5. The van der Waals surface area contributed by atoms with E-state index in [1.807, 2.05) is 31.2 Å². The van der Waals surface area contributed by atoms with Crippen molar-refractivity contribution >= 4 is 73.5 Å². The number of carbonyl (C=O) groups is 5. The monoisotopic (exact) mass is 914 g/mol. The molecule has 0 aliphatic rings. The predicted octanol–water partition coefficient (Wildman–Crippen LogP) is 7.15. The largest absolute Gasteiger partial charge is 0.497 e. The predicted molar refractivity (Wildman–Crippen MR) is 248 cm³/mol. The van der Waals surface area contributed by atoms with Gasteiger partial charge in [-0.15, -0.1) is 5.10 Å². The van der Waals surface area contributed by atoms with E-state index in [4.69, 9.17) is 33.2 Å². The molecule has 6 rings (SSSR count). The first kappa shape index (κ1) is 47.8. The summed E-state index contributed by atoms with van der Waals surface area (Å²) in [7, 11) is 1.53. The first-order chi connectivity index (χ1) is 32.1. The van der Waals surface area contributed by atoms with Crippen LogP contribution in [0, 0.1) is 0 Å². The number of anilines is 1. The van der Waals surface area contributed by atoms with Gasteiger partial charge in [0.25, 0.3) is 11.0 Å². The van der Waals surface area contributed by atoms with E-state index in [1.165, 1.54) is 47.9 Å². The van der Waals surface area contributed by atoms with E-state index in [0.717, 1.165) is 27.8 Å². The van der Waals surface area contributed by atoms with Crippen molar-refractivity contribution < 1.29 is 62.2 Å². The van der Waals surface area contributed by atoms with Gasteiger partial charge in [-0.3, -0.25) is 4.79 Å². The van der Waals surface area contributed by atoms with Gasteiger partial charge in [0.05, 0.1) is 47.2 Å². The molecule has 0 aliphatic carbocycles. The molecule has 1 heterocycles. The fourth-order valence-corrected chi connectivity index (χ4v) is 7.16. The lowest BCUT2D eigenvalue weighted by molar-refractivity contribution is -0.456. The third-order valence-corrected chi connectivity index (χ3v) is 10.6. The number of methoxy groups -OCH3 is 1. The summed E-state index contributed by atoms with van der Waals surface area (Å²) in [5.74, 6) is -1.25. The molecule has 0 aliphatic heterocycles. The minimum atomic E-state index is -0.736. The van der Waals surface area contributed by atoms with Crippen LogP contribution in [-0.2, 0) is 28.6 Å². The van der Waals surface area contributed by atoms with Crippen LogP contribution < -0.4 is 29.1 Å². The molecule has 340 valence electrons. The summed E-state index contributed by atoms with van der Waals surface area (Å²) in [6.45, 7) is 9.36. The van der Waals surface area contributed by atoms with Gasteiger partial charge in [-0.2, -0.15) is 0 Å². The fourth-order valence-electron chi connectivity index (χ4n) is 6.21. The number of hydrogen-bond acceptors (Lipinski definition) is 14. The molecule has 0 bridgehead atoms. The Balaban J connectivity index is 1.18. The van der Waals surface area contributed by atoms with E-state index < -0.39 is 30.0 Å². The van der Waals surface area contributed by atoms with Gasteiger partial charge in [0.2, 0.25) is 6.21 Å². The third-order valence-electron chi connectivity index (χ3n) is 9.58. The number of nitrogens with zero attached hydrogens (tertiary/aromatic N) is 2. The first-order valence-corrected chi connectivity index (χ1v) is 21.8. The van der Waals surface area contributed by atoms with Crippen molar-refractivity contribution in [2.24, 2.45) is 0 Å². The highest BCUT2D eigenvalue weighted by Gasteiger charge is 2.25. The van der Waals surface area contributed by atoms with E-state index in [2.05, 4.69) is 23.2 Å². The summed E-state index contributed by atoms with van der Waals surface area (Å²) in [5, 5.41) is 6.25. The number of hydrogen-bond donors (Lipinski definition) is 1. The Labute approximate surface area is 384 Å². The average molecular weight is 915 g/mol. The molecule has 15 nitrogen and oxygen atoms in total. The normalized spacial score (nSPS) is 11.4. The quantitative estimate of drug-likeness (QED) is 0.0171. The number of esters is 4. The lowest BCUT2D eigenvalue weighted by atomic mass is 10.1. The number of para-hydroxylation sites is 1. The molecule has 0 fully saturated rings. The molecule has 0 spiro atoms. The second kappa shape index (κ2) is 23.8. The molecule has 0 saturated heterocycles. The van der Waals surface area contributed by atoms with E-state index in [-0.39, 0.29) is 54.6 Å². The number of aromatic nitrogens is 1. The molecule has 1 atom stereocenters. The highest BCUT2D eigenvalue weighted by molar-refractivity contribution is 7.22. The number of hydrazine groups is 1. The number of rotatable bonds is 23. The zero-order valence-corrected chi connectivity index (χ0v) is 37.2. The Morgan fingerprint density at radius 3 is 2.20 bits per heavy atom. The molecule has 0 radical (unpaired) electrons.